The van der Waals surface area contributed by atoms with E-state index in [-0.39, 0.29) is 24.5 Å². The molecule has 210 valence electrons. The molecule has 4 N–H and O–H groups in total. The molecule has 0 saturated heterocycles. The predicted octanol–water partition coefficient (Wildman–Crippen LogP) is 5.21. The second-order valence-corrected chi connectivity index (χ2v) is 9.99. The number of hydrogen-bond donors (Lipinski definition) is 3. The first-order chi connectivity index (χ1) is 20.0. The van der Waals surface area contributed by atoms with Gasteiger partial charge in [-0.05, 0) is 40.7 Å². The van der Waals surface area contributed by atoms with Crippen LogP contribution in [0.5, 0.6) is 0 Å². The number of hydrogen-bond acceptors (Lipinski definition) is 5. The minimum Gasteiger partial charge on any atom is -0.461 e. The van der Waals surface area contributed by atoms with Crippen LogP contribution in [-0.4, -0.2) is 23.8 Å². The van der Waals surface area contributed by atoms with Crippen LogP contribution in [0, 0.1) is 5.92 Å². The molecule has 0 bridgehead atoms. The number of benzene rings is 4. The van der Waals surface area contributed by atoms with Crippen molar-refractivity contribution in [2.45, 2.75) is 39.0 Å². The van der Waals surface area contributed by atoms with Crippen molar-refractivity contribution in [3.8, 4) is 11.1 Å². The van der Waals surface area contributed by atoms with Crippen LogP contribution < -0.4 is 16.5 Å². The summed E-state index contributed by atoms with van der Waals surface area (Å²) in [5.74, 6) is -1.44. The van der Waals surface area contributed by atoms with Crippen LogP contribution in [0.25, 0.3) is 11.1 Å². The van der Waals surface area contributed by atoms with Crippen LogP contribution in [0.3, 0.4) is 0 Å². The first-order valence-electron chi connectivity index (χ1n) is 13.7. The summed E-state index contributed by atoms with van der Waals surface area (Å²) in [6, 6.07) is 37.2. The quantitative estimate of drug-likeness (QED) is 0.0975. The Kier molecular flexibility index (Phi) is 10.7. The van der Waals surface area contributed by atoms with Crippen LogP contribution in [0.15, 0.2) is 120 Å². The summed E-state index contributed by atoms with van der Waals surface area (Å²) < 4.78 is 5.54. The summed E-state index contributed by atoms with van der Waals surface area (Å²) in [4.78, 5) is 25.8. The third kappa shape index (κ3) is 9.35. The molecule has 0 aliphatic heterocycles. The van der Waals surface area contributed by atoms with Gasteiger partial charge in [-0.3, -0.25) is 9.59 Å². The molecular weight excluding hydrogens is 512 g/mol. The van der Waals surface area contributed by atoms with E-state index in [0.717, 1.165) is 27.8 Å². The van der Waals surface area contributed by atoms with Crippen LogP contribution >= 0.6 is 0 Å². The number of ether oxygens (including phenoxy) is 1. The third-order valence-corrected chi connectivity index (χ3v) is 6.70. The van der Waals surface area contributed by atoms with Gasteiger partial charge < -0.3 is 21.2 Å². The molecule has 4 aromatic carbocycles. The maximum atomic E-state index is 13.0. The molecule has 0 radical (unpaired) electrons. The molecule has 7 nitrogen and oxygen atoms in total. The van der Waals surface area contributed by atoms with Crippen LogP contribution in [0.2, 0.25) is 0 Å². The molecule has 0 aromatic heterocycles. The Morgan fingerprint density at radius 2 is 1.32 bits per heavy atom. The Bertz CT molecular complexity index is 1410. The second kappa shape index (κ2) is 15.0. The van der Waals surface area contributed by atoms with Crippen LogP contribution in [-0.2, 0) is 33.9 Å². The van der Waals surface area contributed by atoms with Gasteiger partial charge in [-0.1, -0.05) is 122 Å². The lowest BCUT2D eigenvalue weighted by molar-refractivity contribution is -0.149. The zero-order valence-corrected chi connectivity index (χ0v) is 23.2. The lowest BCUT2D eigenvalue weighted by Crippen LogP contribution is -2.45. The summed E-state index contributed by atoms with van der Waals surface area (Å²) in [6.07, 6.45) is 0.895. The number of esters is 1. The summed E-state index contributed by atoms with van der Waals surface area (Å²) >= 11 is 0. The maximum absolute atomic E-state index is 13.0. The number of amides is 1. The van der Waals surface area contributed by atoms with Gasteiger partial charge in [0.25, 0.3) is 5.91 Å². The van der Waals surface area contributed by atoms with Crippen molar-refractivity contribution in [2.75, 3.05) is 0 Å². The number of hydrazone groups is 1. The van der Waals surface area contributed by atoms with E-state index in [1.807, 2.05) is 97.9 Å². The maximum Gasteiger partial charge on any atom is 0.309 e. The number of amidine groups is 1. The Morgan fingerprint density at radius 3 is 1.95 bits per heavy atom. The number of nitrogens with one attached hydrogen (secondary N) is 2. The minimum absolute atomic E-state index is 0.176. The van der Waals surface area contributed by atoms with Gasteiger partial charge in [-0.15, -0.1) is 0 Å². The Balaban J connectivity index is 1.40. The van der Waals surface area contributed by atoms with E-state index in [1.54, 1.807) is 0 Å². The summed E-state index contributed by atoms with van der Waals surface area (Å²) in [6.45, 7) is 2.45. The summed E-state index contributed by atoms with van der Waals surface area (Å²) in [7, 11) is 0. The van der Waals surface area contributed by atoms with Crippen molar-refractivity contribution in [3.63, 3.8) is 0 Å². The van der Waals surface area contributed by atoms with Gasteiger partial charge in [-0.25, -0.2) is 0 Å². The van der Waals surface area contributed by atoms with E-state index >= 15 is 0 Å². The van der Waals surface area contributed by atoms with E-state index < -0.39 is 11.8 Å². The van der Waals surface area contributed by atoms with E-state index in [4.69, 9.17) is 10.5 Å². The standard InChI is InChI=1S/C34H36N4O3/c1-25(34(40)41-24-28-13-7-3-8-14-28)21-31(22-26-17-19-30(20-18-26)29-15-9-4-10-16-29)37-33(39)32(35)38-36-23-27-11-5-2-6-12-27/h2-20,25,31,36H,21-24H2,1H3,(H2,35,38)(H,37,39)/t25-,31?/m1/s1. The molecule has 0 fully saturated rings. The van der Waals surface area contributed by atoms with Crippen molar-refractivity contribution >= 4 is 17.7 Å². The monoisotopic (exact) mass is 548 g/mol. The second-order valence-electron chi connectivity index (χ2n) is 9.99. The van der Waals surface area contributed by atoms with Gasteiger partial charge in [-0.2, -0.15) is 5.10 Å². The lowest BCUT2D eigenvalue weighted by atomic mass is 9.95. The molecule has 1 amide bonds. The Hall–Kier alpha value is -4.91. The fourth-order valence-electron chi connectivity index (χ4n) is 4.46. The average molecular weight is 549 g/mol. The topological polar surface area (TPSA) is 106 Å². The predicted molar refractivity (Wildman–Crippen MR) is 162 cm³/mol. The molecule has 7 heteroatoms. The molecule has 0 saturated carbocycles. The smallest absolute Gasteiger partial charge is 0.309 e. The first kappa shape index (κ1) is 29.1. The van der Waals surface area contributed by atoms with Crippen molar-refractivity contribution in [1.82, 2.24) is 10.7 Å². The molecular formula is C34H36N4O3. The average Bonchev–Trinajstić information content (AvgIpc) is 3.01. The van der Waals surface area contributed by atoms with Gasteiger partial charge in [0, 0.05) is 6.04 Å². The number of nitrogens with zero attached hydrogens (tertiary/aromatic N) is 1. The van der Waals surface area contributed by atoms with E-state index in [0.29, 0.717) is 19.4 Å². The molecule has 0 heterocycles. The highest BCUT2D eigenvalue weighted by Crippen LogP contribution is 2.21. The zero-order valence-electron chi connectivity index (χ0n) is 23.2. The van der Waals surface area contributed by atoms with E-state index in [1.165, 1.54) is 0 Å². The van der Waals surface area contributed by atoms with Gasteiger partial charge in [0.2, 0.25) is 5.84 Å². The highest BCUT2D eigenvalue weighted by molar-refractivity contribution is 6.37. The molecule has 0 spiro atoms. The fourth-order valence-corrected chi connectivity index (χ4v) is 4.46. The van der Waals surface area contributed by atoms with Gasteiger partial charge in [0.05, 0.1) is 12.5 Å². The minimum atomic E-state index is -0.499. The van der Waals surface area contributed by atoms with Crippen molar-refractivity contribution < 1.29 is 14.3 Å². The molecule has 0 aliphatic carbocycles. The van der Waals surface area contributed by atoms with Crippen molar-refractivity contribution in [1.29, 1.82) is 0 Å². The highest BCUT2D eigenvalue weighted by Gasteiger charge is 2.23. The number of rotatable bonds is 12. The molecule has 0 aliphatic rings. The van der Waals surface area contributed by atoms with Gasteiger partial charge in [0.15, 0.2) is 0 Å². The summed E-state index contributed by atoms with van der Waals surface area (Å²) in [5, 5.41) is 7.02. The fraction of sp³-hybridized carbons (Fsp3) is 0.206. The molecule has 41 heavy (non-hydrogen) atoms. The van der Waals surface area contributed by atoms with Crippen molar-refractivity contribution in [2.24, 2.45) is 16.8 Å². The normalized spacial score (nSPS) is 12.7. The molecule has 4 rings (SSSR count). The Morgan fingerprint density at radius 1 is 0.756 bits per heavy atom. The SMILES string of the molecule is C[C@H](CC(Cc1ccc(-c2ccccc2)cc1)NC(=O)/C(N)=N/NCc1ccccc1)C(=O)OCc1ccccc1. The number of nitrogens with two attached hydrogens (primary N) is 1. The molecule has 1 unspecified atom stereocenters. The first-order valence-corrected chi connectivity index (χ1v) is 13.7. The van der Waals surface area contributed by atoms with Gasteiger partial charge in [0.1, 0.15) is 6.61 Å². The van der Waals surface area contributed by atoms with Crippen LogP contribution in [0.1, 0.15) is 30.0 Å². The van der Waals surface area contributed by atoms with Crippen molar-refractivity contribution in [3.05, 3.63) is 132 Å². The number of carbonyl (C=O) groups is 2. The molecule has 2 atom stereocenters. The molecule has 4 aromatic rings. The largest absolute Gasteiger partial charge is 0.461 e. The Labute approximate surface area is 241 Å². The van der Waals surface area contributed by atoms with E-state index in [9.17, 15) is 9.59 Å². The van der Waals surface area contributed by atoms with E-state index in [2.05, 4.69) is 40.1 Å². The summed E-state index contributed by atoms with van der Waals surface area (Å²) in [5.41, 5.74) is 14.0. The van der Waals surface area contributed by atoms with Crippen LogP contribution in [0.4, 0.5) is 0 Å². The number of carbonyl (C=O) groups excluding carboxylic acids is 2. The lowest BCUT2D eigenvalue weighted by Gasteiger charge is -2.22. The zero-order chi connectivity index (χ0) is 28.9. The highest BCUT2D eigenvalue weighted by atomic mass is 16.5. The van der Waals surface area contributed by atoms with Gasteiger partial charge >= 0.3 is 5.97 Å². The third-order valence-electron chi connectivity index (χ3n) is 6.70.